The molecule has 3 aromatic rings. The van der Waals surface area contributed by atoms with Gasteiger partial charge in [0.15, 0.2) is 0 Å². The Bertz CT molecular complexity index is 1240. The van der Waals surface area contributed by atoms with Gasteiger partial charge in [-0.05, 0) is 49.4 Å². The van der Waals surface area contributed by atoms with Gasteiger partial charge in [0.25, 0.3) is 11.8 Å². The molecule has 1 atom stereocenters. The van der Waals surface area contributed by atoms with Crippen LogP contribution >= 0.6 is 11.3 Å². The highest BCUT2D eigenvalue weighted by molar-refractivity contribution is 7.21. The van der Waals surface area contributed by atoms with Crippen molar-refractivity contribution in [3.63, 3.8) is 0 Å². The summed E-state index contributed by atoms with van der Waals surface area (Å²) in [4.78, 5) is 37.3. The number of halogens is 1. The molecule has 0 aliphatic carbocycles. The van der Waals surface area contributed by atoms with Crippen LogP contribution in [0.15, 0.2) is 49.1 Å². The van der Waals surface area contributed by atoms with Crippen LogP contribution in [-0.2, 0) is 4.79 Å². The van der Waals surface area contributed by atoms with Crippen LogP contribution in [0.1, 0.15) is 27.0 Å². The molecule has 3 amide bonds. The molecule has 2 heterocycles. The molecular formula is C22H19FN4O3S. The lowest BCUT2D eigenvalue weighted by atomic mass is 10.1. The number of thiophene rings is 1. The van der Waals surface area contributed by atoms with Gasteiger partial charge in [-0.1, -0.05) is 6.58 Å². The fourth-order valence-corrected chi connectivity index (χ4v) is 4.32. The van der Waals surface area contributed by atoms with E-state index in [9.17, 15) is 18.8 Å². The van der Waals surface area contributed by atoms with Crippen molar-refractivity contribution in [1.29, 1.82) is 0 Å². The summed E-state index contributed by atoms with van der Waals surface area (Å²) in [5.74, 6) is -1.73. The first-order valence-corrected chi connectivity index (χ1v) is 10.3. The highest BCUT2D eigenvalue weighted by atomic mass is 32.1. The minimum absolute atomic E-state index is 0.0112. The van der Waals surface area contributed by atoms with E-state index in [1.165, 1.54) is 23.5 Å². The SMILES string of the molecule is C=CC(=O)Nc1cc(NC(=O)c2ccc3sc4c(c3c2)NC[C@@H](C)NC4=O)ccc1F. The highest BCUT2D eigenvalue weighted by Gasteiger charge is 2.24. The molecule has 0 bridgehead atoms. The van der Waals surface area contributed by atoms with Gasteiger partial charge in [0.05, 0.1) is 11.4 Å². The van der Waals surface area contributed by atoms with Crippen molar-refractivity contribution < 1.29 is 18.8 Å². The Morgan fingerprint density at radius 2 is 2.03 bits per heavy atom. The maximum absolute atomic E-state index is 13.9. The van der Waals surface area contributed by atoms with Gasteiger partial charge < -0.3 is 21.3 Å². The monoisotopic (exact) mass is 438 g/mol. The first-order chi connectivity index (χ1) is 14.9. The maximum atomic E-state index is 13.9. The van der Waals surface area contributed by atoms with E-state index in [0.717, 1.165) is 22.2 Å². The second-order valence-electron chi connectivity index (χ2n) is 7.11. The lowest BCUT2D eigenvalue weighted by molar-refractivity contribution is -0.111. The second-order valence-corrected chi connectivity index (χ2v) is 8.17. The van der Waals surface area contributed by atoms with Gasteiger partial charge in [0, 0.05) is 33.9 Å². The van der Waals surface area contributed by atoms with Gasteiger partial charge in [-0.15, -0.1) is 11.3 Å². The maximum Gasteiger partial charge on any atom is 0.263 e. The van der Waals surface area contributed by atoms with E-state index in [1.54, 1.807) is 18.2 Å². The fraction of sp³-hybridized carbons (Fsp3) is 0.136. The van der Waals surface area contributed by atoms with Crippen molar-refractivity contribution in [2.24, 2.45) is 0 Å². The zero-order chi connectivity index (χ0) is 22.1. The largest absolute Gasteiger partial charge is 0.381 e. The summed E-state index contributed by atoms with van der Waals surface area (Å²) in [5.41, 5.74) is 1.35. The number of amides is 3. The third-order valence-corrected chi connectivity index (χ3v) is 5.96. The molecule has 1 aliphatic rings. The normalized spacial score (nSPS) is 15.3. The van der Waals surface area contributed by atoms with Crippen molar-refractivity contribution in [1.82, 2.24) is 5.32 Å². The van der Waals surface area contributed by atoms with Gasteiger partial charge in [0.2, 0.25) is 5.91 Å². The molecule has 1 aromatic heterocycles. The molecule has 31 heavy (non-hydrogen) atoms. The van der Waals surface area contributed by atoms with E-state index >= 15 is 0 Å². The molecule has 0 unspecified atom stereocenters. The molecule has 7 nitrogen and oxygen atoms in total. The number of hydrogen-bond acceptors (Lipinski definition) is 5. The molecule has 2 aromatic carbocycles. The number of carbonyl (C=O) groups is 3. The van der Waals surface area contributed by atoms with Crippen LogP contribution in [0.5, 0.6) is 0 Å². The Kier molecular flexibility index (Phi) is 5.43. The summed E-state index contributed by atoms with van der Waals surface area (Å²) in [6.45, 7) is 5.82. The van der Waals surface area contributed by atoms with Gasteiger partial charge in [0.1, 0.15) is 10.7 Å². The van der Waals surface area contributed by atoms with Crippen LogP contribution in [0.4, 0.5) is 21.5 Å². The van der Waals surface area contributed by atoms with E-state index in [1.807, 2.05) is 6.92 Å². The molecular weight excluding hydrogens is 419 g/mol. The lowest BCUT2D eigenvalue weighted by Gasteiger charge is -2.10. The fourth-order valence-electron chi connectivity index (χ4n) is 3.26. The Labute approximate surface area is 181 Å². The van der Waals surface area contributed by atoms with Crippen molar-refractivity contribution in [2.75, 3.05) is 22.5 Å². The molecule has 158 valence electrons. The first kappa shape index (κ1) is 20.5. The van der Waals surface area contributed by atoms with E-state index in [4.69, 9.17) is 0 Å². The van der Waals surface area contributed by atoms with Crippen LogP contribution < -0.4 is 21.3 Å². The average Bonchev–Trinajstić information content (AvgIpc) is 3.05. The molecule has 4 rings (SSSR count). The zero-order valence-electron chi connectivity index (χ0n) is 16.5. The van der Waals surface area contributed by atoms with E-state index in [-0.39, 0.29) is 17.6 Å². The summed E-state index contributed by atoms with van der Waals surface area (Å²) in [6.07, 6.45) is 1.03. The summed E-state index contributed by atoms with van der Waals surface area (Å²) < 4.78 is 14.8. The number of carbonyl (C=O) groups excluding carboxylic acids is 3. The second kappa shape index (κ2) is 8.19. The van der Waals surface area contributed by atoms with E-state index < -0.39 is 17.6 Å². The predicted molar refractivity (Wildman–Crippen MR) is 120 cm³/mol. The molecule has 9 heteroatoms. The van der Waals surface area contributed by atoms with Gasteiger partial charge >= 0.3 is 0 Å². The van der Waals surface area contributed by atoms with Crippen LogP contribution in [0.25, 0.3) is 10.1 Å². The van der Waals surface area contributed by atoms with Gasteiger partial charge in [-0.3, -0.25) is 14.4 Å². The van der Waals surface area contributed by atoms with Crippen LogP contribution in [-0.4, -0.2) is 30.3 Å². The third-order valence-electron chi connectivity index (χ3n) is 4.79. The number of fused-ring (bicyclic) bond motifs is 3. The number of benzene rings is 2. The molecule has 0 spiro atoms. The van der Waals surface area contributed by atoms with Crippen molar-refractivity contribution in [3.8, 4) is 0 Å². The van der Waals surface area contributed by atoms with E-state index in [2.05, 4.69) is 27.8 Å². The Balaban J connectivity index is 1.62. The summed E-state index contributed by atoms with van der Waals surface area (Å²) in [6, 6.07) is 9.05. The first-order valence-electron chi connectivity index (χ1n) is 9.51. The molecule has 0 fully saturated rings. The topological polar surface area (TPSA) is 99.3 Å². The third kappa shape index (κ3) is 4.13. The van der Waals surface area contributed by atoms with Gasteiger partial charge in [-0.2, -0.15) is 0 Å². The zero-order valence-corrected chi connectivity index (χ0v) is 17.4. The van der Waals surface area contributed by atoms with Crippen LogP contribution in [0, 0.1) is 5.82 Å². The van der Waals surface area contributed by atoms with Crippen LogP contribution in [0.2, 0.25) is 0 Å². The lowest BCUT2D eigenvalue weighted by Crippen LogP contribution is -2.34. The number of hydrogen-bond donors (Lipinski definition) is 4. The summed E-state index contributed by atoms with van der Waals surface area (Å²) >= 11 is 1.36. The van der Waals surface area contributed by atoms with Crippen molar-refractivity contribution >= 4 is 56.2 Å². The molecule has 1 aliphatic heterocycles. The number of anilines is 3. The molecule has 0 radical (unpaired) electrons. The highest BCUT2D eigenvalue weighted by Crippen LogP contribution is 2.37. The summed E-state index contributed by atoms with van der Waals surface area (Å²) in [7, 11) is 0. The molecule has 4 N–H and O–H groups in total. The van der Waals surface area contributed by atoms with Crippen molar-refractivity contribution in [3.05, 3.63) is 65.3 Å². The van der Waals surface area contributed by atoms with E-state index in [0.29, 0.717) is 28.4 Å². The average molecular weight is 438 g/mol. The Hall–Kier alpha value is -3.72. The quantitative estimate of drug-likeness (QED) is 0.464. The van der Waals surface area contributed by atoms with Crippen molar-refractivity contribution in [2.45, 2.75) is 13.0 Å². The predicted octanol–water partition coefficient (Wildman–Crippen LogP) is 3.96. The Morgan fingerprint density at radius 3 is 2.81 bits per heavy atom. The Morgan fingerprint density at radius 1 is 1.23 bits per heavy atom. The number of rotatable bonds is 4. The number of nitrogens with one attached hydrogen (secondary N) is 4. The van der Waals surface area contributed by atoms with Gasteiger partial charge in [-0.25, -0.2) is 4.39 Å². The smallest absolute Gasteiger partial charge is 0.263 e. The minimum atomic E-state index is -0.630. The standard InChI is InChI=1S/C22H19FN4O3S/c1-3-18(28)27-16-9-13(5-6-15(16)23)26-21(29)12-4-7-17-14(8-12)19-20(31-17)22(30)25-11(2)10-24-19/h3-9,11,24H,1,10H2,2H3,(H,25,30)(H,26,29)(H,27,28)/t11-/m1/s1. The molecule has 0 saturated heterocycles. The van der Waals surface area contributed by atoms with Crippen LogP contribution in [0.3, 0.4) is 0 Å². The summed E-state index contributed by atoms with van der Waals surface area (Å²) in [5, 5.41) is 12.1. The minimum Gasteiger partial charge on any atom is -0.381 e. The molecule has 0 saturated carbocycles.